The summed E-state index contributed by atoms with van der Waals surface area (Å²) in [6.45, 7) is 0. The monoisotopic (exact) mass is 424 g/mol. The molecule has 0 spiro atoms. The van der Waals surface area contributed by atoms with Crippen molar-refractivity contribution in [1.29, 1.82) is 0 Å². The maximum atomic E-state index is 13.3. The van der Waals surface area contributed by atoms with Gasteiger partial charge in [-0.3, -0.25) is 4.72 Å². The van der Waals surface area contributed by atoms with Crippen LogP contribution < -0.4 is 4.72 Å². The van der Waals surface area contributed by atoms with E-state index in [0.717, 1.165) is 21.8 Å². The lowest BCUT2D eigenvalue weighted by molar-refractivity contribution is 0.599. The predicted molar refractivity (Wildman–Crippen MR) is 116 cm³/mol. The van der Waals surface area contributed by atoms with Crippen LogP contribution in [-0.4, -0.2) is 13.4 Å². The Hall–Kier alpha value is -3.03. The van der Waals surface area contributed by atoms with Crippen LogP contribution in [0, 0.1) is 5.82 Å². The van der Waals surface area contributed by atoms with E-state index in [2.05, 4.69) is 9.71 Å². The first-order chi connectivity index (χ1) is 14.0. The van der Waals surface area contributed by atoms with Crippen molar-refractivity contribution >= 4 is 27.0 Å². The van der Waals surface area contributed by atoms with E-state index in [-0.39, 0.29) is 5.75 Å². The second-order valence-corrected chi connectivity index (χ2v) is 9.06. The number of aromatic nitrogens is 1. The smallest absolute Gasteiger partial charge is 0.236 e. The molecule has 0 saturated heterocycles. The highest BCUT2D eigenvalue weighted by Gasteiger charge is 2.13. The zero-order valence-corrected chi connectivity index (χ0v) is 16.9. The first kappa shape index (κ1) is 19.3. The topological polar surface area (TPSA) is 59.1 Å². The van der Waals surface area contributed by atoms with Crippen LogP contribution in [0.4, 0.5) is 10.1 Å². The molecule has 0 aliphatic carbocycles. The fourth-order valence-electron chi connectivity index (χ4n) is 2.92. The summed E-state index contributed by atoms with van der Waals surface area (Å²) in [7, 11) is -3.68. The number of sulfonamides is 1. The highest BCUT2D eigenvalue weighted by atomic mass is 32.2. The molecule has 0 unspecified atom stereocenters. The lowest BCUT2D eigenvalue weighted by atomic mass is 10.1. The quantitative estimate of drug-likeness (QED) is 0.441. The van der Waals surface area contributed by atoms with Crippen LogP contribution in [-0.2, 0) is 15.8 Å². The van der Waals surface area contributed by atoms with Crippen LogP contribution >= 0.6 is 11.3 Å². The molecular weight excluding hydrogens is 407 g/mol. The summed E-state index contributed by atoms with van der Waals surface area (Å²) in [6.07, 6.45) is 0. The van der Waals surface area contributed by atoms with Crippen molar-refractivity contribution in [2.24, 2.45) is 0 Å². The van der Waals surface area contributed by atoms with Gasteiger partial charge in [-0.1, -0.05) is 54.6 Å². The molecule has 4 rings (SSSR count). The highest BCUT2D eigenvalue weighted by molar-refractivity contribution is 7.91. The second-order valence-electron chi connectivity index (χ2n) is 6.48. The van der Waals surface area contributed by atoms with E-state index in [0.29, 0.717) is 11.3 Å². The molecule has 146 valence electrons. The summed E-state index contributed by atoms with van der Waals surface area (Å²) in [5.41, 5.74) is 3.46. The standard InChI is InChI=1S/C22H17FN2O2S2/c23-19-10-4-6-16(12-19)15-29(26,27)25-20-11-5-9-18(13-20)21-14-28-22(24-21)17-7-2-1-3-8-17/h1-14,25H,15H2. The Labute approximate surface area is 172 Å². The molecule has 0 fully saturated rings. The lowest BCUT2D eigenvalue weighted by Gasteiger charge is -2.09. The Morgan fingerprint density at radius 3 is 2.45 bits per heavy atom. The fraction of sp³-hybridized carbons (Fsp3) is 0.0455. The van der Waals surface area contributed by atoms with Gasteiger partial charge in [0.2, 0.25) is 10.0 Å². The van der Waals surface area contributed by atoms with Crippen LogP contribution in [0.5, 0.6) is 0 Å². The van der Waals surface area contributed by atoms with Crippen LogP contribution in [0.1, 0.15) is 5.56 Å². The third-order valence-corrected chi connectivity index (χ3v) is 6.35. The molecule has 1 N–H and O–H groups in total. The van der Waals surface area contributed by atoms with Crippen molar-refractivity contribution in [2.75, 3.05) is 4.72 Å². The molecule has 0 radical (unpaired) electrons. The molecule has 29 heavy (non-hydrogen) atoms. The van der Waals surface area contributed by atoms with Gasteiger partial charge in [0, 0.05) is 22.2 Å². The minimum absolute atomic E-state index is 0.302. The Balaban J connectivity index is 1.54. The number of halogens is 1. The second kappa shape index (κ2) is 8.14. The fourth-order valence-corrected chi connectivity index (χ4v) is 4.94. The molecule has 1 heterocycles. The van der Waals surface area contributed by atoms with Gasteiger partial charge in [-0.25, -0.2) is 17.8 Å². The number of hydrogen-bond donors (Lipinski definition) is 1. The van der Waals surface area contributed by atoms with Gasteiger partial charge in [0.1, 0.15) is 10.8 Å². The van der Waals surface area contributed by atoms with E-state index < -0.39 is 15.8 Å². The van der Waals surface area contributed by atoms with Crippen molar-refractivity contribution < 1.29 is 12.8 Å². The number of thiazole rings is 1. The molecular formula is C22H17FN2O2S2. The van der Waals surface area contributed by atoms with E-state index in [4.69, 9.17) is 0 Å². The first-order valence-corrected chi connectivity index (χ1v) is 11.4. The summed E-state index contributed by atoms with van der Waals surface area (Å²) >= 11 is 1.53. The molecule has 4 aromatic rings. The van der Waals surface area contributed by atoms with Crippen molar-refractivity contribution in [2.45, 2.75) is 5.75 Å². The number of nitrogens with zero attached hydrogens (tertiary/aromatic N) is 1. The Morgan fingerprint density at radius 2 is 1.66 bits per heavy atom. The molecule has 0 aliphatic heterocycles. The normalized spacial score (nSPS) is 11.3. The van der Waals surface area contributed by atoms with Crippen molar-refractivity contribution in [1.82, 2.24) is 4.98 Å². The largest absolute Gasteiger partial charge is 0.283 e. The van der Waals surface area contributed by atoms with Crippen LogP contribution in [0.25, 0.3) is 21.8 Å². The summed E-state index contributed by atoms with van der Waals surface area (Å²) in [5.74, 6) is -0.762. The average molecular weight is 425 g/mol. The van der Waals surface area contributed by atoms with Crippen LogP contribution in [0.2, 0.25) is 0 Å². The van der Waals surface area contributed by atoms with Gasteiger partial charge in [0.25, 0.3) is 0 Å². The third-order valence-electron chi connectivity index (χ3n) is 4.20. The minimum atomic E-state index is -3.68. The number of anilines is 1. The molecule has 3 aromatic carbocycles. The van der Waals surface area contributed by atoms with E-state index in [1.807, 2.05) is 41.8 Å². The van der Waals surface area contributed by atoms with Crippen molar-refractivity contribution in [3.63, 3.8) is 0 Å². The number of hydrogen-bond acceptors (Lipinski definition) is 4. The zero-order valence-electron chi connectivity index (χ0n) is 15.2. The summed E-state index contributed by atoms with van der Waals surface area (Å²) in [5, 5.41) is 2.85. The van der Waals surface area contributed by atoms with Gasteiger partial charge < -0.3 is 0 Å². The summed E-state index contributed by atoms with van der Waals surface area (Å²) in [6, 6.07) is 22.5. The van der Waals surface area contributed by atoms with Gasteiger partial charge in [0.05, 0.1) is 11.4 Å². The molecule has 0 saturated carbocycles. The van der Waals surface area contributed by atoms with Gasteiger partial charge in [-0.15, -0.1) is 11.3 Å². The molecule has 0 aliphatic rings. The Bertz CT molecular complexity index is 1240. The molecule has 0 amide bonds. The van der Waals surface area contributed by atoms with E-state index in [1.165, 1.54) is 29.5 Å². The van der Waals surface area contributed by atoms with Gasteiger partial charge in [-0.05, 0) is 29.8 Å². The van der Waals surface area contributed by atoms with E-state index >= 15 is 0 Å². The number of rotatable bonds is 6. The average Bonchev–Trinajstić information content (AvgIpc) is 3.18. The maximum Gasteiger partial charge on any atom is 0.236 e. The van der Waals surface area contributed by atoms with Gasteiger partial charge in [0.15, 0.2) is 0 Å². The predicted octanol–water partition coefficient (Wildman–Crippen LogP) is 5.56. The van der Waals surface area contributed by atoms with Crippen LogP contribution in [0.3, 0.4) is 0 Å². The number of nitrogens with one attached hydrogen (secondary N) is 1. The van der Waals surface area contributed by atoms with E-state index in [1.54, 1.807) is 24.3 Å². The first-order valence-electron chi connectivity index (χ1n) is 8.85. The lowest BCUT2D eigenvalue weighted by Crippen LogP contribution is -2.15. The molecule has 7 heteroatoms. The zero-order chi connectivity index (χ0) is 20.3. The van der Waals surface area contributed by atoms with Gasteiger partial charge >= 0.3 is 0 Å². The minimum Gasteiger partial charge on any atom is -0.283 e. The summed E-state index contributed by atoms with van der Waals surface area (Å²) in [4.78, 5) is 4.67. The number of benzene rings is 3. The Kier molecular flexibility index (Phi) is 5.42. The van der Waals surface area contributed by atoms with E-state index in [9.17, 15) is 12.8 Å². The van der Waals surface area contributed by atoms with Crippen molar-refractivity contribution in [3.05, 3.63) is 95.6 Å². The third kappa shape index (κ3) is 4.88. The molecule has 4 nitrogen and oxygen atoms in total. The highest BCUT2D eigenvalue weighted by Crippen LogP contribution is 2.30. The molecule has 1 aromatic heterocycles. The molecule has 0 atom stereocenters. The van der Waals surface area contributed by atoms with Crippen LogP contribution in [0.15, 0.2) is 84.2 Å². The SMILES string of the molecule is O=S(=O)(Cc1cccc(F)c1)Nc1cccc(-c2csc(-c3ccccc3)n2)c1. The van der Waals surface area contributed by atoms with Crippen molar-refractivity contribution in [3.8, 4) is 21.8 Å². The summed E-state index contributed by atoms with van der Waals surface area (Å²) < 4.78 is 40.8. The van der Waals surface area contributed by atoms with Gasteiger partial charge in [-0.2, -0.15) is 0 Å². The maximum absolute atomic E-state index is 13.3. The Morgan fingerprint density at radius 1 is 0.897 bits per heavy atom. The molecule has 0 bridgehead atoms.